The Balaban J connectivity index is 2.98. The number of anilines is 1. The van der Waals surface area contributed by atoms with Gasteiger partial charge in [0.2, 0.25) is 0 Å². The summed E-state index contributed by atoms with van der Waals surface area (Å²) >= 11 is 6.83. The molecule has 3 N–H and O–H groups in total. The molecule has 80 valence electrons. The maximum Gasteiger partial charge on any atom is 0.103 e. The van der Waals surface area contributed by atoms with E-state index in [1.165, 1.54) is 6.20 Å². The number of pyridine rings is 1. The predicted molar refractivity (Wildman–Crippen MR) is 69.7 cm³/mol. The molecule has 0 unspecified atom stereocenters. The molecule has 0 spiro atoms. The van der Waals surface area contributed by atoms with Crippen molar-refractivity contribution in [3.05, 3.63) is 32.8 Å². The molecule has 2 aromatic rings. The van der Waals surface area contributed by atoms with Gasteiger partial charge in [0.15, 0.2) is 0 Å². The number of nitrogens with two attached hydrogens (primary N) is 1. The van der Waals surface area contributed by atoms with Crippen LogP contribution in [0.3, 0.4) is 0 Å². The number of nitrogen functional groups attached to an aromatic ring is 1. The van der Waals surface area contributed by atoms with Crippen molar-refractivity contribution in [2.24, 2.45) is 5.84 Å². The molecule has 0 aliphatic rings. The van der Waals surface area contributed by atoms with Crippen LogP contribution in [-0.4, -0.2) is 4.98 Å². The van der Waals surface area contributed by atoms with Crippen molar-refractivity contribution in [2.45, 2.75) is 0 Å². The molecule has 0 amide bonds. The van der Waals surface area contributed by atoms with Gasteiger partial charge in [-0.2, -0.15) is 5.26 Å². The highest BCUT2D eigenvalue weighted by atomic mass is 79.9. The van der Waals surface area contributed by atoms with Gasteiger partial charge in [-0.15, -0.1) is 0 Å². The zero-order valence-corrected chi connectivity index (χ0v) is 11.1. The van der Waals surface area contributed by atoms with Gasteiger partial charge in [-0.3, -0.25) is 10.8 Å². The summed E-state index contributed by atoms with van der Waals surface area (Å²) in [5.74, 6) is 5.45. The molecule has 1 heterocycles. The molecular weight excluding hydrogens is 336 g/mol. The molecule has 1 aromatic heterocycles. The van der Waals surface area contributed by atoms with Crippen molar-refractivity contribution in [3.8, 4) is 6.07 Å². The summed E-state index contributed by atoms with van der Waals surface area (Å²) in [7, 11) is 0. The Morgan fingerprint density at radius 1 is 1.31 bits per heavy atom. The highest BCUT2D eigenvalue weighted by molar-refractivity contribution is 9.11. The quantitative estimate of drug-likeness (QED) is 0.617. The number of nitriles is 1. The number of halogens is 2. The molecule has 0 atom stereocenters. The minimum absolute atomic E-state index is 0.411. The molecule has 1 aromatic carbocycles. The van der Waals surface area contributed by atoms with Crippen LogP contribution in [0.5, 0.6) is 0 Å². The van der Waals surface area contributed by atoms with E-state index in [0.29, 0.717) is 11.3 Å². The van der Waals surface area contributed by atoms with E-state index in [0.717, 1.165) is 19.8 Å². The molecule has 0 fully saturated rings. The lowest BCUT2D eigenvalue weighted by Gasteiger charge is -2.09. The fourth-order valence-corrected chi connectivity index (χ4v) is 2.42. The summed E-state index contributed by atoms with van der Waals surface area (Å²) < 4.78 is 1.69. The minimum Gasteiger partial charge on any atom is -0.322 e. The van der Waals surface area contributed by atoms with Crippen LogP contribution < -0.4 is 11.3 Å². The van der Waals surface area contributed by atoms with E-state index < -0.39 is 0 Å². The lowest BCUT2D eigenvalue weighted by atomic mass is 10.1. The number of hydrazine groups is 1. The van der Waals surface area contributed by atoms with Gasteiger partial charge >= 0.3 is 0 Å². The molecule has 0 bridgehead atoms. The largest absolute Gasteiger partial charge is 0.322 e. The molecular formula is C10H6Br2N4. The monoisotopic (exact) mass is 340 g/mol. The fraction of sp³-hybridized carbons (Fsp3) is 0. The molecule has 0 aliphatic carbocycles. The Kier molecular flexibility index (Phi) is 3.10. The third-order valence-electron chi connectivity index (χ3n) is 2.18. The van der Waals surface area contributed by atoms with Gasteiger partial charge in [0.05, 0.1) is 16.8 Å². The lowest BCUT2D eigenvalue weighted by molar-refractivity contribution is 1.30. The van der Waals surface area contributed by atoms with Gasteiger partial charge in [0.1, 0.15) is 6.07 Å². The summed E-state index contributed by atoms with van der Waals surface area (Å²) in [6.45, 7) is 0. The zero-order valence-electron chi connectivity index (χ0n) is 7.96. The van der Waals surface area contributed by atoms with E-state index in [1.807, 2.05) is 18.2 Å². The number of rotatable bonds is 1. The first-order valence-corrected chi connectivity index (χ1v) is 5.91. The summed E-state index contributed by atoms with van der Waals surface area (Å²) in [6, 6.07) is 5.80. The first kappa shape index (κ1) is 11.3. The van der Waals surface area contributed by atoms with Gasteiger partial charge in [0.25, 0.3) is 0 Å². The zero-order chi connectivity index (χ0) is 11.7. The Morgan fingerprint density at radius 3 is 2.62 bits per heavy atom. The molecule has 0 aliphatic heterocycles. The molecule has 0 saturated heterocycles. The molecule has 0 radical (unpaired) electrons. The second-order valence-electron chi connectivity index (χ2n) is 3.06. The van der Waals surface area contributed by atoms with Crippen LogP contribution in [0.4, 0.5) is 5.69 Å². The maximum absolute atomic E-state index is 8.96. The number of hydrogen-bond acceptors (Lipinski definition) is 4. The van der Waals surface area contributed by atoms with Gasteiger partial charge < -0.3 is 5.43 Å². The van der Waals surface area contributed by atoms with Gasteiger partial charge in [-0.05, 0) is 28.1 Å². The first-order chi connectivity index (χ1) is 7.69. The van der Waals surface area contributed by atoms with Crippen LogP contribution in [0.2, 0.25) is 0 Å². The van der Waals surface area contributed by atoms with Gasteiger partial charge in [-0.25, -0.2) is 0 Å². The Labute approximate surface area is 109 Å². The molecule has 16 heavy (non-hydrogen) atoms. The number of hydrogen-bond donors (Lipinski definition) is 2. The lowest BCUT2D eigenvalue weighted by Crippen LogP contribution is -2.09. The summed E-state index contributed by atoms with van der Waals surface area (Å²) in [5, 5.41) is 9.74. The van der Waals surface area contributed by atoms with E-state index in [1.54, 1.807) is 0 Å². The Hall–Kier alpha value is -1.16. The van der Waals surface area contributed by atoms with Gasteiger partial charge in [-0.1, -0.05) is 15.9 Å². The Bertz CT molecular complexity index is 604. The maximum atomic E-state index is 8.96. The summed E-state index contributed by atoms with van der Waals surface area (Å²) in [5.41, 5.74) is 4.28. The third kappa shape index (κ3) is 1.67. The third-order valence-corrected chi connectivity index (χ3v) is 3.49. The standard InChI is InChI=1S/C10H6Br2N4/c11-6-1-2-7(12)10-8(6)9(16-14)5(3-13)4-15-10/h1-2,4H,14H2,(H,15,16). The number of nitrogens with one attached hydrogen (secondary N) is 1. The number of benzene rings is 1. The average molecular weight is 342 g/mol. The van der Waals surface area contributed by atoms with E-state index in [-0.39, 0.29) is 0 Å². The number of aromatic nitrogens is 1. The highest BCUT2D eigenvalue weighted by Gasteiger charge is 2.12. The minimum atomic E-state index is 0.411. The van der Waals surface area contributed by atoms with E-state index in [2.05, 4.69) is 42.3 Å². The van der Waals surface area contributed by atoms with Crippen LogP contribution in [-0.2, 0) is 0 Å². The molecule has 0 saturated carbocycles. The van der Waals surface area contributed by atoms with Crippen molar-refractivity contribution in [1.29, 1.82) is 5.26 Å². The van der Waals surface area contributed by atoms with Crippen LogP contribution >= 0.6 is 31.9 Å². The number of fused-ring (bicyclic) bond motifs is 1. The van der Waals surface area contributed by atoms with Crippen LogP contribution in [0.25, 0.3) is 10.9 Å². The van der Waals surface area contributed by atoms with Crippen molar-refractivity contribution in [3.63, 3.8) is 0 Å². The summed E-state index contributed by atoms with van der Waals surface area (Å²) in [4.78, 5) is 4.23. The smallest absolute Gasteiger partial charge is 0.103 e. The Morgan fingerprint density at radius 2 is 2.00 bits per heavy atom. The van der Waals surface area contributed by atoms with Crippen LogP contribution in [0.15, 0.2) is 27.3 Å². The summed E-state index contributed by atoms with van der Waals surface area (Å²) in [6.07, 6.45) is 1.49. The molecule has 4 nitrogen and oxygen atoms in total. The SMILES string of the molecule is N#Cc1cnc2c(Br)ccc(Br)c2c1NN. The van der Waals surface area contributed by atoms with Crippen molar-refractivity contribution in [2.75, 3.05) is 5.43 Å². The van der Waals surface area contributed by atoms with Crippen LogP contribution in [0.1, 0.15) is 5.56 Å². The van der Waals surface area contributed by atoms with E-state index in [9.17, 15) is 0 Å². The van der Waals surface area contributed by atoms with Crippen LogP contribution in [0, 0.1) is 11.3 Å². The van der Waals surface area contributed by atoms with E-state index in [4.69, 9.17) is 11.1 Å². The van der Waals surface area contributed by atoms with Crippen molar-refractivity contribution < 1.29 is 0 Å². The fourth-order valence-electron chi connectivity index (χ4n) is 1.47. The average Bonchev–Trinajstić information content (AvgIpc) is 2.32. The first-order valence-electron chi connectivity index (χ1n) is 4.32. The second-order valence-corrected chi connectivity index (χ2v) is 4.76. The van der Waals surface area contributed by atoms with E-state index >= 15 is 0 Å². The molecule has 6 heteroatoms. The predicted octanol–water partition coefficient (Wildman–Crippen LogP) is 2.92. The molecule has 2 rings (SSSR count). The second kappa shape index (κ2) is 4.37. The normalized spacial score (nSPS) is 10.1. The van der Waals surface area contributed by atoms with Gasteiger partial charge in [0, 0.05) is 20.5 Å². The number of nitrogens with zero attached hydrogens (tertiary/aromatic N) is 2. The van der Waals surface area contributed by atoms with Crippen molar-refractivity contribution in [1.82, 2.24) is 4.98 Å². The highest BCUT2D eigenvalue weighted by Crippen LogP contribution is 2.35. The topological polar surface area (TPSA) is 74.7 Å². The van der Waals surface area contributed by atoms with Crippen molar-refractivity contribution >= 4 is 48.5 Å².